The molecule has 0 unspecified atom stereocenters. The highest BCUT2D eigenvalue weighted by atomic mass is 16.5. The fourth-order valence-corrected chi connectivity index (χ4v) is 2.92. The van der Waals surface area contributed by atoms with Crippen LogP contribution in [0.15, 0.2) is 30.3 Å². The molecule has 0 spiro atoms. The molecule has 0 aliphatic rings. The predicted octanol–water partition coefficient (Wildman–Crippen LogP) is 3.93. The molecule has 3 N–H and O–H groups in total. The summed E-state index contributed by atoms with van der Waals surface area (Å²) in [5.41, 5.74) is 6.07. The van der Waals surface area contributed by atoms with Crippen molar-refractivity contribution in [3.05, 3.63) is 41.7 Å². The van der Waals surface area contributed by atoms with E-state index in [9.17, 15) is 9.59 Å². The van der Waals surface area contributed by atoms with Crippen molar-refractivity contribution in [2.75, 3.05) is 40.3 Å². The number of nitrogens with one attached hydrogen (secondary N) is 1. The first-order valence-electron chi connectivity index (χ1n) is 11.9. The van der Waals surface area contributed by atoms with Gasteiger partial charge in [0, 0.05) is 19.2 Å². The van der Waals surface area contributed by atoms with Crippen LogP contribution in [0.4, 0.5) is 0 Å². The molecule has 1 heterocycles. The molecule has 1 aromatic carbocycles. The summed E-state index contributed by atoms with van der Waals surface area (Å²) < 4.78 is 6.39. The molecule has 1 aromatic heterocycles. The summed E-state index contributed by atoms with van der Waals surface area (Å²) >= 11 is 0. The lowest BCUT2D eigenvalue weighted by atomic mass is 10.2. The van der Waals surface area contributed by atoms with E-state index in [0.717, 1.165) is 6.54 Å². The van der Waals surface area contributed by atoms with Gasteiger partial charge in [0.05, 0.1) is 12.8 Å². The molecule has 8 nitrogen and oxygen atoms in total. The second kappa shape index (κ2) is 18.8. The van der Waals surface area contributed by atoms with Gasteiger partial charge in [-0.2, -0.15) is 5.10 Å². The number of nitrogens with two attached hydrogens (primary N) is 1. The predicted molar refractivity (Wildman–Crippen MR) is 136 cm³/mol. The van der Waals surface area contributed by atoms with Gasteiger partial charge in [-0.15, -0.1) is 0 Å². The van der Waals surface area contributed by atoms with Gasteiger partial charge in [0.25, 0.3) is 5.91 Å². The van der Waals surface area contributed by atoms with Crippen LogP contribution >= 0.6 is 0 Å². The van der Waals surface area contributed by atoms with Crippen LogP contribution in [-0.2, 0) is 0 Å². The van der Waals surface area contributed by atoms with E-state index in [0.29, 0.717) is 17.7 Å². The lowest BCUT2D eigenvalue weighted by molar-refractivity contribution is 0.0995. The Hall–Kier alpha value is -2.71. The second-order valence-corrected chi connectivity index (χ2v) is 7.31. The zero-order valence-corrected chi connectivity index (χ0v) is 21.3. The van der Waals surface area contributed by atoms with Crippen LogP contribution in [0.3, 0.4) is 0 Å². The monoisotopic (exact) mass is 461 g/mol. The number of unbranched alkanes of at least 4 members (excludes halogenated alkanes) is 2. The van der Waals surface area contributed by atoms with E-state index < -0.39 is 5.91 Å². The summed E-state index contributed by atoms with van der Waals surface area (Å²) in [5.74, 6) is 0.0130. The van der Waals surface area contributed by atoms with Gasteiger partial charge in [0.1, 0.15) is 11.4 Å². The third kappa shape index (κ3) is 12.2. The molecule has 1 amide bonds. The van der Waals surface area contributed by atoms with Crippen LogP contribution < -0.4 is 15.8 Å². The van der Waals surface area contributed by atoms with E-state index in [1.54, 1.807) is 31.4 Å². The normalized spacial score (nSPS) is 10.0. The van der Waals surface area contributed by atoms with Crippen molar-refractivity contribution in [1.29, 1.82) is 0 Å². The molecule has 8 heteroatoms. The minimum absolute atomic E-state index is 0.0490. The highest BCUT2D eigenvalue weighted by molar-refractivity contribution is 5.92. The molecule has 0 fully saturated rings. The first-order valence-corrected chi connectivity index (χ1v) is 11.9. The van der Waals surface area contributed by atoms with Gasteiger partial charge in [-0.1, -0.05) is 40.5 Å². The number of benzene rings is 1. The van der Waals surface area contributed by atoms with Gasteiger partial charge in [0.15, 0.2) is 12.0 Å². The van der Waals surface area contributed by atoms with E-state index in [-0.39, 0.29) is 11.4 Å². The van der Waals surface area contributed by atoms with E-state index in [4.69, 9.17) is 10.5 Å². The van der Waals surface area contributed by atoms with Gasteiger partial charge in [-0.05, 0) is 57.2 Å². The summed E-state index contributed by atoms with van der Waals surface area (Å²) in [6.07, 6.45) is 5.87. The number of rotatable bonds is 13. The first kappa shape index (κ1) is 30.3. The quantitative estimate of drug-likeness (QED) is 0.346. The van der Waals surface area contributed by atoms with Gasteiger partial charge in [0.2, 0.25) is 0 Å². The van der Waals surface area contributed by atoms with Gasteiger partial charge < -0.3 is 20.7 Å². The molecule has 0 aliphatic heterocycles. The largest absolute Gasteiger partial charge is 0.497 e. The van der Waals surface area contributed by atoms with Crippen molar-refractivity contribution < 1.29 is 14.3 Å². The average molecular weight is 462 g/mol. The summed E-state index contributed by atoms with van der Waals surface area (Å²) in [6, 6.07) is 8.26. The maximum Gasteiger partial charge on any atom is 0.269 e. The fraction of sp³-hybridized carbons (Fsp3) is 0.560. The number of carbonyl (C=O) groups is 2. The maximum atomic E-state index is 11.0. The van der Waals surface area contributed by atoms with Crippen molar-refractivity contribution in [2.45, 2.75) is 53.4 Å². The van der Waals surface area contributed by atoms with Crippen LogP contribution in [0.5, 0.6) is 5.75 Å². The summed E-state index contributed by atoms with van der Waals surface area (Å²) in [5, 5.41) is 7.44. The Bertz CT molecular complexity index is 775. The van der Waals surface area contributed by atoms with Crippen LogP contribution in [0, 0.1) is 0 Å². The Kier molecular flexibility index (Phi) is 17.3. The summed E-state index contributed by atoms with van der Waals surface area (Å²) in [4.78, 5) is 24.3. The topological polar surface area (TPSA) is 102 Å². The average Bonchev–Trinajstić information content (AvgIpc) is 3.28. The molecule has 0 saturated heterocycles. The van der Waals surface area contributed by atoms with Gasteiger partial charge in [-0.25, -0.2) is 4.68 Å². The highest BCUT2D eigenvalue weighted by Crippen LogP contribution is 2.16. The Labute approximate surface area is 199 Å². The first-order chi connectivity index (χ1) is 16.0. The number of primary amides is 1. The van der Waals surface area contributed by atoms with Crippen molar-refractivity contribution in [3.63, 3.8) is 0 Å². The van der Waals surface area contributed by atoms with E-state index in [2.05, 4.69) is 36.2 Å². The molecule has 33 heavy (non-hydrogen) atoms. The van der Waals surface area contributed by atoms with Crippen LogP contribution in [0.25, 0.3) is 5.69 Å². The molecular formula is C25H43N5O3. The van der Waals surface area contributed by atoms with E-state index >= 15 is 0 Å². The lowest BCUT2D eigenvalue weighted by Gasteiger charge is -2.15. The number of ether oxygens (including phenoxy) is 1. The number of methoxy groups -OCH3 is 1. The SMILES string of the molecule is CC.CCCCCNCCN(C)CCC.COc1ccc(-n2nc(C(N)=O)cc2C=O)cc1. The molecule has 2 rings (SSSR count). The van der Waals surface area contributed by atoms with E-state index in [1.807, 2.05) is 13.8 Å². The minimum atomic E-state index is -0.676. The van der Waals surface area contributed by atoms with Crippen LogP contribution in [0.1, 0.15) is 74.4 Å². The van der Waals surface area contributed by atoms with Crippen molar-refractivity contribution >= 4 is 12.2 Å². The molecular weight excluding hydrogens is 418 g/mol. The Morgan fingerprint density at radius 3 is 2.30 bits per heavy atom. The van der Waals surface area contributed by atoms with Crippen LogP contribution in [0.2, 0.25) is 0 Å². The Morgan fingerprint density at radius 2 is 1.79 bits per heavy atom. The number of nitrogens with zero attached hydrogens (tertiary/aromatic N) is 3. The van der Waals surface area contributed by atoms with Gasteiger partial charge in [-0.3, -0.25) is 9.59 Å². The smallest absolute Gasteiger partial charge is 0.269 e. The number of aldehydes is 1. The number of amides is 1. The summed E-state index contributed by atoms with van der Waals surface area (Å²) in [6.45, 7) is 13.2. The third-order valence-corrected chi connectivity index (χ3v) is 4.66. The minimum Gasteiger partial charge on any atom is -0.497 e. The number of hydrogen-bond acceptors (Lipinski definition) is 6. The Balaban J connectivity index is 0.000000608. The highest BCUT2D eigenvalue weighted by Gasteiger charge is 2.12. The number of carbonyl (C=O) groups excluding carboxylic acids is 2. The molecule has 2 aromatic rings. The van der Waals surface area contributed by atoms with Crippen molar-refractivity contribution in [1.82, 2.24) is 20.0 Å². The number of likely N-dealkylation sites (N-methyl/N-ethyl adjacent to an activating group) is 1. The zero-order chi connectivity index (χ0) is 25.1. The molecule has 0 atom stereocenters. The Morgan fingerprint density at radius 1 is 1.12 bits per heavy atom. The van der Waals surface area contributed by atoms with Crippen LogP contribution in [-0.4, -0.2) is 67.2 Å². The van der Waals surface area contributed by atoms with Crippen molar-refractivity contribution in [2.24, 2.45) is 5.73 Å². The maximum absolute atomic E-state index is 11.0. The number of aromatic nitrogens is 2. The zero-order valence-electron chi connectivity index (χ0n) is 21.3. The van der Waals surface area contributed by atoms with Gasteiger partial charge >= 0.3 is 0 Å². The van der Waals surface area contributed by atoms with E-state index in [1.165, 1.54) is 56.1 Å². The molecule has 0 radical (unpaired) electrons. The summed E-state index contributed by atoms with van der Waals surface area (Å²) in [7, 11) is 3.75. The molecule has 0 saturated carbocycles. The molecule has 186 valence electrons. The number of hydrogen-bond donors (Lipinski definition) is 2. The molecule has 0 bridgehead atoms. The standard InChI is InChI=1S/C12H11N3O3.C11H26N2.C2H6/c1-18-10-4-2-8(3-5-10)15-9(7-16)6-11(14-15)12(13)17;1-4-6-7-8-12-9-11-13(3)10-5-2;1-2/h2-7H,1H3,(H2,13,17);12H,4-11H2,1-3H3;1-2H3. The van der Waals surface area contributed by atoms with Crippen molar-refractivity contribution in [3.8, 4) is 11.4 Å². The fourth-order valence-electron chi connectivity index (χ4n) is 2.92. The second-order valence-electron chi connectivity index (χ2n) is 7.31. The molecule has 0 aliphatic carbocycles. The third-order valence-electron chi connectivity index (χ3n) is 4.66. The lowest BCUT2D eigenvalue weighted by Crippen LogP contribution is -2.30.